The lowest BCUT2D eigenvalue weighted by atomic mass is 9.92. The van der Waals surface area contributed by atoms with Gasteiger partial charge in [-0.3, -0.25) is 4.79 Å². The lowest BCUT2D eigenvalue weighted by Gasteiger charge is -2.18. The third-order valence-corrected chi connectivity index (χ3v) is 2.53. The molecule has 0 aromatic heterocycles. The van der Waals surface area contributed by atoms with Crippen LogP contribution in [0, 0.1) is 12.3 Å². The first-order valence-corrected chi connectivity index (χ1v) is 6.42. The average Bonchev–Trinajstić information content (AvgIpc) is 2.27. The molecule has 5 nitrogen and oxygen atoms in total. The number of ether oxygens (including phenoxy) is 1. The Morgan fingerprint density at radius 3 is 2.45 bits per heavy atom. The SMILES string of the molecule is Cc1cc(OCC(=O)O)ccc1NC(=O)CC(C)(C)C. The highest BCUT2D eigenvalue weighted by Crippen LogP contribution is 2.23. The standard InChI is InChI=1S/C15H21NO4/c1-10-7-11(20-9-14(18)19)5-6-12(10)16-13(17)8-15(2,3)4/h5-7H,8-9H2,1-4H3,(H,16,17)(H,18,19). The molecule has 0 aliphatic carbocycles. The van der Waals surface area contributed by atoms with Gasteiger partial charge in [-0.05, 0) is 36.1 Å². The maximum Gasteiger partial charge on any atom is 0.341 e. The van der Waals surface area contributed by atoms with Crippen LogP contribution in [0.3, 0.4) is 0 Å². The molecular formula is C15H21NO4. The molecule has 0 radical (unpaired) electrons. The third kappa shape index (κ3) is 5.73. The van der Waals surface area contributed by atoms with Gasteiger partial charge < -0.3 is 15.2 Å². The minimum atomic E-state index is -1.02. The summed E-state index contributed by atoms with van der Waals surface area (Å²) in [6, 6.07) is 5.06. The number of rotatable bonds is 5. The summed E-state index contributed by atoms with van der Waals surface area (Å²) in [6.45, 7) is 7.46. The number of benzene rings is 1. The van der Waals surface area contributed by atoms with E-state index in [-0.39, 0.29) is 17.9 Å². The van der Waals surface area contributed by atoms with Crippen LogP contribution in [0.5, 0.6) is 5.75 Å². The second-order valence-corrected chi connectivity index (χ2v) is 5.94. The maximum atomic E-state index is 11.9. The van der Waals surface area contributed by atoms with Gasteiger partial charge in [-0.15, -0.1) is 0 Å². The average molecular weight is 279 g/mol. The number of amides is 1. The zero-order valence-electron chi connectivity index (χ0n) is 12.3. The molecule has 0 fully saturated rings. The van der Waals surface area contributed by atoms with Crippen molar-refractivity contribution in [1.29, 1.82) is 0 Å². The molecule has 0 spiro atoms. The lowest BCUT2D eigenvalue weighted by molar-refractivity contribution is -0.139. The Morgan fingerprint density at radius 1 is 1.30 bits per heavy atom. The summed E-state index contributed by atoms with van der Waals surface area (Å²) in [6.07, 6.45) is 0.434. The van der Waals surface area contributed by atoms with Crippen molar-refractivity contribution in [2.45, 2.75) is 34.1 Å². The van der Waals surface area contributed by atoms with E-state index < -0.39 is 5.97 Å². The Morgan fingerprint density at radius 2 is 1.95 bits per heavy atom. The van der Waals surface area contributed by atoms with Gasteiger partial charge in [-0.25, -0.2) is 4.79 Å². The Labute approximate surface area is 118 Å². The predicted molar refractivity (Wildman–Crippen MR) is 77.0 cm³/mol. The normalized spacial score (nSPS) is 11.0. The van der Waals surface area contributed by atoms with Gasteiger partial charge in [0, 0.05) is 12.1 Å². The number of anilines is 1. The largest absolute Gasteiger partial charge is 0.482 e. The molecule has 1 aromatic carbocycles. The molecular weight excluding hydrogens is 258 g/mol. The van der Waals surface area contributed by atoms with Gasteiger partial charge >= 0.3 is 5.97 Å². The van der Waals surface area contributed by atoms with Gasteiger partial charge in [0.05, 0.1) is 0 Å². The van der Waals surface area contributed by atoms with Crippen LogP contribution in [-0.4, -0.2) is 23.6 Å². The number of hydrogen-bond acceptors (Lipinski definition) is 3. The first kappa shape index (κ1) is 16.0. The molecule has 0 unspecified atom stereocenters. The zero-order chi connectivity index (χ0) is 15.3. The van der Waals surface area contributed by atoms with Crippen LogP contribution < -0.4 is 10.1 Å². The fourth-order valence-corrected chi connectivity index (χ4v) is 1.69. The summed E-state index contributed by atoms with van der Waals surface area (Å²) in [7, 11) is 0. The van der Waals surface area contributed by atoms with Crippen molar-refractivity contribution in [1.82, 2.24) is 0 Å². The van der Waals surface area contributed by atoms with Gasteiger partial charge in [-0.2, -0.15) is 0 Å². The van der Waals surface area contributed by atoms with E-state index in [1.165, 1.54) is 0 Å². The van der Waals surface area contributed by atoms with Crippen LogP contribution in [-0.2, 0) is 9.59 Å². The number of hydrogen-bond donors (Lipinski definition) is 2. The zero-order valence-corrected chi connectivity index (χ0v) is 12.3. The minimum Gasteiger partial charge on any atom is -0.482 e. The highest BCUT2D eigenvalue weighted by atomic mass is 16.5. The molecule has 5 heteroatoms. The van der Waals surface area contributed by atoms with Gasteiger partial charge in [-0.1, -0.05) is 20.8 Å². The van der Waals surface area contributed by atoms with E-state index in [1.807, 2.05) is 27.7 Å². The topological polar surface area (TPSA) is 75.6 Å². The van der Waals surface area contributed by atoms with Gasteiger partial charge in [0.2, 0.25) is 5.91 Å². The molecule has 0 saturated carbocycles. The van der Waals surface area contributed by atoms with Crippen LogP contribution in [0.25, 0.3) is 0 Å². The second-order valence-electron chi connectivity index (χ2n) is 5.94. The minimum absolute atomic E-state index is 0.0418. The summed E-state index contributed by atoms with van der Waals surface area (Å²) in [5, 5.41) is 11.4. The van der Waals surface area contributed by atoms with Crippen LogP contribution in [0.2, 0.25) is 0 Å². The van der Waals surface area contributed by atoms with E-state index in [2.05, 4.69) is 5.32 Å². The van der Waals surface area contributed by atoms with E-state index in [0.29, 0.717) is 17.9 Å². The molecule has 1 rings (SSSR count). The molecule has 0 aliphatic rings. The number of carboxylic acid groups (broad SMARTS) is 1. The number of carbonyl (C=O) groups is 2. The first-order valence-electron chi connectivity index (χ1n) is 6.42. The van der Waals surface area contributed by atoms with Crippen molar-refractivity contribution in [3.8, 4) is 5.75 Å². The van der Waals surface area contributed by atoms with Gasteiger partial charge in [0.25, 0.3) is 0 Å². The summed E-state index contributed by atoms with van der Waals surface area (Å²) in [5.41, 5.74) is 1.47. The van der Waals surface area contributed by atoms with E-state index in [1.54, 1.807) is 18.2 Å². The molecule has 0 atom stereocenters. The van der Waals surface area contributed by atoms with E-state index in [4.69, 9.17) is 9.84 Å². The highest BCUT2D eigenvalue weighted by Gasteiger charge is 2.16. The summed E-state index contributed by atoms with van der Waals surface area (Å²) >= 11 is 0. The van der Waals surface area contributed by atoms with Crippen molar-refractivity contribution in [3.63, 3.8) is 0 Å². The Balaban J connectivity index is 2.68. The van der Waals surface area contributed by atoms with Crippen LogP contribution in [0.15, 0.2) is 18.2 Å². The summed E-state index contributed by atoms with van der Waals surface area (Å²) in [5.74, 6) is -0.594. The number of aliphatic carboxylic acids is 1. The molecule has 0 heterocycles. The van der Waals surface area contributed by atoms with E-state index in [9.17, 15) is 9.59 Å². The Kier molecular flexibility index (Phi) is 5.13. The van der Waals surface area contributed by atoms with Crippen molar-refractivity contribution in [2.24, 2.45) is 5.41 Å². The van der Waals surface area contributed by atoms with Crippen molar-refractivity contribution in [3.05, 3.63) is 23.8 Å². The molecule has 110 valence electrons. The summed E-state index contributed by atoms with van der Waals surface area (Å²) < 4.78 is 5.08. The number of nitrogens with one attached hydrogen (secondary N) is 1. The Hall–Kier alpha value is -2.04. The molecule has 0 bridgehead atoms. The van der Waals surface area contributed by atoms with Crippen LogP contribution >= 0.6 is 0 Å². The smallest absolute Gasteiger partial charge is 0.341 e. The first-order chi connectivity index (χ1) is 9.17. The summed E-state index contributed by atoms with van der Waals surface area (Å²) in [4.78, 5) is 22.3. The quantitative estimate of drug-likeness (QED) is 0.869. The van der Waals surface area contributed by atoms with E-state index in [0.717, 1.165) is 5.56 Å². The van der Waals surface area contributed by atoms with Gasteiger partial charge in [0.15, 0.2) is 6.61 Å². The van der Waals surface area contributed by atoms with Crippen molar-refractivity contribution >= 4 is 17.6 Å². The van der Waals surface area contributed by atoms with Crippen molar-refractivity contribution < 1.29 is 19.4 Å². The van der Waals surface area contributed by atoms with Crippen LogP contribution in [0.1, 0.15) is 32.8 Å². The monoisotopic (exact) mass is 279 g/mol. The fraction of sp³-hybridized carbons (Fsp3) is 0.467. The number of aryl methyl sites for hydroxylation is 1. The number of carbonyl (C=O) groups excluding carboxylic acids is 1. The maximum absolute atomic E-state index is 11.9. The fourth-order valence-electron chi connectivity index (χ4n) is 1.69. The lowest BCUT2D eigenvalue weighted by Crippen LogP contribution is -2.20. The van der Waals surface area contributed by atoms with E-state index >= 15 is 0 Å². The molecule has 0 aliphatic heterocycles. The van der Waals surface area contributed by atoms with Crippen molar-refractivity contribution in [2.75, 3.05) is 11.9 Å². The Bertz CT molecular complexity index is 503. The highest BCUT2D eigenvalue weighted by molar-refractivity contribution is 5.91. The molecule has 2 N–H and O–H groups in total. The second kappa shape index (κ2) is 6.41. The van der Waals surface area contributed by atoms with Crippen LogP contribution in [0.4, 0.5) is 5.69 Å². The van der Waals surface area contributed by atoms with Gasteiger partial charge in [0.1, 0.15) is 5.75 Å². The molecule has 0 saturated heterocycles. The predicted octanol–water partition coefficient (Wildman–Crippen LogP) is 2.83. The molecule has 1 amide bonds. The number of carboxylic acids is 1. The molecule has 1 aromatic rings. The molecule has 20 heavy (non-hydrogen) atoms. The third-order valence-electron chi connectivity index (χ3n) is 2.53.